The number of benzene rings is 7. The molecule has 2 heterocycles. The molecule has 1 aliphatic carbocycles. The number of pyridine rings is 2. The molecule has 0 radical (unpaired) electrons. The third kappa shape index (κ3) is 4.00. The van der Waals surface area contributed by atoms with Gasteiger partial charge >= 0.3 is 0 Å². The summed E-state index contributed by atoms with van der Waals surface area (Å²) in [6.45, 7) is 0. The fraction of sp³-hybridized carbons (Fsp3) is 0. The molecule has 2 heteroatoms. The Labute approximate surface area is 278 Å². The summed E-state index contributed by atoms with van der Waals surface area (Å²) >= 11 is 0. The second-order valence-electron chi connectivity index (χ2n) is 12.5. The predicted octanol–water partition coefficient (Wildman–Crippen LogP) is 12.3. The maximum atomic E-state index is 5.41. The predicted molar refractivity (Wildman–Crippen MR) is 201 cm³/mol. The van der Waals surface area contributed by atoms with E-state index in [1.165, 1.54) is 66.4 Å². The number of nitrogens with zero attached hydrogens (tertiary/aromatic N) is 2. The minimum Gasteiger partial charge on any atom is -0.254 e. The molecule has 0 fully saturated rings. The highest BCUT2D eigenvalue weighted by molar-refractivity contribution is 6.24. The summed E-state index contributed by atoms with van der Waals surface area (Å²) in [6.07, 6.45) is 1.86. The Bertz CT molecular complexity index is 2700. The molecule has 2 aromatic heterocycles. The summed E-state index contributed by atoms with van der Waals surface area (Å²) in [6, 6.07) is 59.0. The first-order valence-corrected chi connectivity index (χ1v) is 16.4. The molecule has 10 rings (SSSR count). The van der Waals surface area contributed by atoms with E-state index in [2.05, 4.69) is 158 Å². The van der Waals surface area contributed by atoms with Crippen molar-refractivity contribution in [3.63, 3.8) is 0 Å². The molecule has 0 unspecified atom stereocenters. The first-order valence-electron chi connectivity index (χ1n) is 16.4. The Morgan fingerprint density at radius 3 is 1.73 bits per heavy atom. The van der Waals surface area contributed by atoms with Crippen LogP contribution in [0, 0.1) is 0 Å². The number of rotatable bonds is 4. The second kappa shape index (κ2) is 10.6. The van der Waals surface area contributed by atoms with Crippen LogP contribution in [0.2, 0.25) is 0 Å². The second-order valence-corrected chi connectivity index (χ2v) is 12.5. The van der Waals surface area contributed by atoms with Crippen molar-refractivity contribution in [2.24, 2.45) is 0 Å². The van der Waals surface area contributed by atoms with E-state index in [1.54, 1.807) is 0 Å². The summed E-state index contributed by atoms with van der Waals surface area (Å²) < 4.78 is 0. The van der Waals surface area contributed by atoms with Gasteiger partial charge in [-0.2, -0.15) is 0 Å². The van der Waals surface area contributed by atoms with Gasteiger partial charge in [0.2, 0.25) is 0 Å². The van der Waals surface area contributed by atoms with Gasteiger partial charge in [0.15, 0.2) is 0 Å². The van der Waals surface area contributed by atoms with Crippen molar-refractivity contribution in [2.75, 3.05) is 0 Å². The fourth-order valence-corrected chi connectivity index (χ4v) is 7.75. The molecule has 0 bridgehead atoms. The molecule has 0 amide bonds. The molecule has 7 aromatic carbocycles. The van der Waals surface area contributed by atoms with Crippen LogP contribution in [0.3, 0.4) is 0 Å². The third-order valence-corrected chi connectivity index (χ3v) is 9.85. The van der Waals surface area contributed by atoms with Gasteiger partial charge in [-0.15, -0.1) is 0 Å². The monoisotopic (exact) mass is 608 g/mol. The van der Waals surface area contributed by atoms with Gasteiger partial charge in [-0.1, -0.05) is 146 Å². The zero-order valence-corrected chi connectivity index (χ0v) is 26.1. The van der Waals surface area contributed by atoms with Gasteiger partial charge < -0.3 is 0 Å². The van der Waals surface area contributed by atoms with E-state index in [1.807, 2.05) is 12.3 Å². The van der Waals surface area contributed by atoms with Crippen molar-refractivity contribution in [3.8, 4) is 66.9 Å². The van der Waals surface area contributed by atoms with Crippen LogP contribution in [-0.2, 0) is 0 Å². The maximum Gasteiger partial charge on any atom is 0.0972 e. The number of aromatic nitrogens is 2. The summed E-state index contributed by atoms with van der Waals surface area (Å²) in [5, 5.41) is 4.75. The molecule has 48 heavy (non-hydrogen) atoms. The van der Waals surface area contributed by atoms with Crippen molar-refractivity contribution in [1.82, 2.24) is 9.97 Å². The standard InChI is InChI=1S/C46H28N2/c1-4-12-29(13-5-1)34-24-25-37-42-35(34)19-10-20-36(42)44-41(31-16-8-3-9-17-31)39(28-38(43(37)44)30-14-6-2-7-15-30)40-26-23-33-22-21-32-18-11-27-47-45(32)46(33)48-40/h1-28H. The first-order chi connectivity index (χ1) is 23.8. The van der Waals surface area contributed by atoms with Gasteiger partial charge in [-0.3, -0.25) is 4.98 Å². The average Bonchev–Trinajstić information content (AvgIpc) is 3.50. The molecule has 1 aliphatic rings. The van der Waals surface area contributed by atoms with Crippen LogP contribution >= 0.6 is 0 Å². The Balaban J connectivity index is 1.36. The Morgan fingerprint density at radius 1 is 0.354 bits per heavy atom. The summed E-state index contributed by atoms with van der Waals surface area (Å²) in [5.41, 5.74) is 16.2. The highest BCUT2D eigenvalue weighted by Gasteiger charge is 2.31. The van der Waals surface area contributed by atoms with Crippen LogP contribution in [0.5, 0.6) is 0 Å². The SMILES string of the molecule is c1ccc(-c2cc(-c3ccc4ccc5cccnc5c4n3)c(-c3ccccc3)c3c2-c2ccc(-c4ccccc4)c4cccc-3c24)cc1. The summed E-state index contributed by atoms with van der Waals surface area (Å²) in [4.78, 5) is 10.2. The van der Waals surface area contributed by atoms with Crippen LogP contribution < -0.4 is 0 Å². The van der Waals surface area contributed by atoms with Crippen molar-refractivity contribution < 1.29 is 0 Å². The smallest absolute Gasteiger partial charge is 0.0972 e. The minimum atomic E-state index is 0.921. The highest BCUT2D eigenvalue weighted by atomic mass is 14.8. The van der Waals surface area contributed by atoms with Gasteiger partial charge in [0, 0.05) is 22.5 Å². The minimum absolute atomic E-state index is 0.921. The van der Waals surface area contributed by atoms with Crippen molar-refractivity contribution in [3.05, 3.63) is 170 Å². The average molecular weight is 609 g/mol. The number of hydrogen-bond acceptors (Lipinski definition) is 2. The first kappa shape index (κ1) is 26.8. The van der Waals surface area contributed by atoms with E-state index in [0.29, 0.717) is 0 Å². The Hall–Kier alpha value is -6.38. The normalized spacial score (nSPS) is 11.8. The summed E-state index contributed by atoms with van der Waals surface area (Å²) in [7, 11) is 0. The molecule has 0 spiro atoms. The molecular weight excluding hydrogens is 581 g/mol. The molecule has 222 valence electrons. The zero-order valence-electron chi connectivity index (χ0n) is 26.1. The third-order valence-electron chi connectivity index (χ3n) is 9.85. The largest absolute Gasteiger partial charge is 0.254 e. The zero-order chi connectivity index (χ0) is 31.6. The number of hydrogen-bond donors (Lipinski definition) is 0. The Kier molecular flexibility index (Phi) is 5.91. The number of fused-ring (bicyclic) bond motifs is 6. The Morgan fingerprint density at radius 2 is 0.979 bits per heavy atom. The van der Waals surface area contributed by atoms with Crippen molar-refractivity contribution in [2.45, 2.75) is 0 Å². The lowest BCUT2D eigenvalue weighted by Gasteiger charge is -2.20. The van der Waals surface area contributed by atoms with Crippen LogP contribution in [0.4, 0.5) is 0 Å². The molecule has 0 aliphatic heterocycles. The van der Waals surface area contributed by atoms with Gasteiger partial charge in [-0.25, -0.2) is 4.98 Å². The lowest BCUT2D eigenvalue weighted by molar-refractivity contribution is 1.37. The van der Waals surface area contributed by atoms with Gasteiger partial charge in [0.1, 0.15) is 0 Å². The molecule has 0 saturated carbocycles. The molecule has 0 atom stereocenters. The van der Waals surface area contributed by atoms with E-state index in [4.69, 9.17) is 9.97 Å². The van der Waals surface area contributed by atoms with E-state index in [0.717, 1.165) is 33.1 Å². The quantitative estimate of drug-likeness (QED) is 0.186. The maximum absolute atomic E-state index is 5.41. The van der Waals surface area contributed by atoms with Crippen LogP contribution in [0.25, 0.3) is 99.5 Å². The summed E-state index contributed by atoms with van der Waals surface area (Å²) in [5.74, 6) is 0. The highest BCUT2D eigenvalue weighted by Crippen LogP contribution is 2.58. The molecule has 9 aromatic rings. The molecule has 0 saturated heterocycles. The van der Waals surface area contributed by atoms with Gasteiger partial charge in [-0.05, 0) is 84.6 Å². The van der Waals surface area contributed by atoms with E-state index in [9.17, 15) is 0 Å². The lowest BCUT2D eigenvalue weighted by Crippen LogP contribution is -1.96. The molecular formula is C46H28N2. The van der Waals surface area contributed by atoms with Crippen molar-refractivity contribution >= 4 is 32.6 Å². The molecule has 0 N–H and O–H groups in total. The van der Waals surface area contributed by atoms with Gasteiger partial charge in [0.05, 0.1) is 16.7 Å². The topological polar surface area (TPSA) is 25.8 Å². The van der Waals surface area contributed by atoms with Gasteiger partial charge in [0.25, 0.3) is 0 Å². The fourth-order valence-electron chi connectivity index (χ4n) is 7.75. The van der Waals surface area contributed by atoms with Crippen molar-refractivity contribution in [1.29, 1.82) is 0 Å². The van der Waals surface area contributed by atoms with E-state index < -0.39 is 0 Å². The van der Waals surface area contributed by atoms with Crippen LogP contribution in [0.1, 0.15) is 0 Å². The van der Waals surface area contributed by atoms with E-state index >= 15 is 0 Å². The molecule has 2 nitrogen and oxygen atoms in total. The lowest BCUT2D eigenvalue weighted by atomic mass is 9.83. The van der Waals surface area contributed by atoms with Crippen LogP contribution in [0.15, 0.2) is 170 Å². The van der Waals surface area contributed by atoms with Crippen LogP contribution in [-0.4, -0.2) is 9.97 Å². The van der Waals surface area contributed by atoms with E-state index in [-0.39, 0.29) is 0 Å².